The molecule has 0 fully saturated rings. The molecule has 3 aromatic rings. The Morgan fingerprint density at radius 1 is 1.07 bits per heavy atom. The first-order chi connectivity index (χ1) is 13.1. The van der Waals surface area contributed by atoms with Crippen molar-refractivity contribution in [3.05, 3.63) is 59.7 Å². The van der Waals surface area contributed by atoms with Crippen LogP contribution in [-0.4, -0.2) is 18.2 Å². The van der Waals surface area contributed by atoms with Crippen LogP contribution >= 0.6 is 0 Å². The first-order valence-corrected chi connectivity index (χ1v) is 9.08. The number of hydrogen-bond acceptors (Lipinski definition) is 6. The summed E-state index contributed by atoms with van der Waals surface area (Å²) in [6.07, 6.45) is 0. The van der Waals surface area contributed by atoms with Gasteiger partial charge in [0.25, 0.3) is 0 Å². The second-order valence-electron chi connectivity index (χ2n) is 5.73. The van der Waals surface area contributed by atoms with Gasteiger partial charge in [0.15, 0.2) is 0 Å². The van der Waals surface area contributed by atoms with Crippen LogP contribution in [0.3, 0.4) is 0 Å². The summed E-state index contributed by atoms with van der Waals surface area (Å²) >= 11 is 0. The van der Waals surface area contributed by atoms with E-state index >= 15 is 0 Å². The maximum absolute atomic E-state index is 14.4. The van der Waals surface area contributed by atoms with Gasteiger partial charge in [-0.1, -0.05) is 3.89 Å². The van der Waals surface area contributed by atoms with Gasteiger partial charge >= 0.3 is 10.5 Å². The Morgan fingerprint density at radius 2 is 1.64 bits per heavy atom. The number of ether oxygens (including phenoxy) is 1. The van der Waals surface area contributed by atoms with Crippen molar-refractivity contribution in [1.82, 2.24) is 9.78 Å². The number of aryl methyl sites for hydroxylation is 1. The summed E-state index contributed by atoms with van der Waals surface area (Å²) in [4.78, 5) is 0. The van der Waals surface area contributed by atoms with E-state index in [1.54, 1.807) is 7.05 Å². The van der Waals surface area contributed by atoms with E-state index in [0.29, 0.717) is 5.69 Å². The highest BCUT2D eigenvalue weighted by molar-refractivity contribution is 7.81. The van der Waals surface area contributed by atoms with E-state index in [1.165, 1.54) is 22.9 Å². The lowest BCUT2D eigenvalue weighted by atomic mass is 10.1. The van der Waals surface area contributed by atoms with E-state index in [-0.39, 0.29) is 28.4 Å². The van der Waals surface area contributed by atoms with Gasteiger partial charge in [0.05, 0.1) is 11.3 Å². The highest BCUT2D eigenvalue weighted by atomic mass is 32.3. The maximum Gasteiger partial charge on any atom is 0.488 e. The zero-order valence-corrected chi connectivity index (χ0v) is 15.2. The van der Waals surface area contributed by atoms with Gasteiger partial charge in [-0.2, -0.15) is 13.5 Å². The fourth-order valence-corrected chi connectivity index (χ4v) is 2.85. The summed E-state index contributed by atoms with van der Waals surface area (Å²) < 4.78 is 72.7. The van der Waals surface area contributed by atoms with Crippen molar-refractivity contribution in [2.45, 2.75) is 6.61 Å². The highest BCUT2D eigenvalue weighted by Gasteiger charge is 2.16. The van der Waals surface area contributed by atoms with Crippen molar-refractivity contribution in [2.24, 2.45) is 7.05 Å². The second-order valence-corrected chi connectivity index (χ2v) is 6.69. The summed E-state index contributed by atoms with van der Waals surface area (Å²) in [6.45, 7) is -0.424. The Balaban J connectivity index is 1.75. The number of benzene rings is 2. The van der Waals surface area contributed by atoms with E-state index in [4.69, 9.17) is 10.5 Å². The van der Waals surface area contributed by atoms with Crippen LogP contribution in [0.1, 0.15) is 5.56 Å². The van der Waals surface area contributed by atoms with Gasteiger partial charge < -0.3 is 14.7 Å². The molecule has 2 N–H and O–H groups in total. The van der Waals surface area contributed by atoms with Gasteiger partial charge in [0.2, 0.25) is 0 Å². The maximum atomic E-state index is 14.4. The third-order valence-corrected chi connectivity index (χ3v) is 4.13. The minimum Gasteiger partial charge on any atom is -0.489 e. The zero-order chi connectivity index (χ0) is 20.5. The number of nitrogen functional groups attached to an aromatic ring is 1. The molecule has 0 unspecified atom stereocenters. The predicted octanol–water partition coefficient (Wildman–Crippen LogP) is 3.12. The SMILES string of the molecule is Cn1nc(N)cc1-c1cc(F)c(COc2ccc(OS(=O)(=O)F)cc2)c(F)c1. The van der Waals surface area contributed by atoms with Gasteiger partial charge in [-0.05, 0) is 36.4 Å². The summed E-state index contributed by atoms with van der Waals surface area (Å²) in [7, 11) is -3.54. The molecule has 0 radical (unpaired) electrons. The van der Waals surface area contributed by atoms with Crippen LogP contribution in [0.15, 0.2) is 42.5 Å². The number of nitrogens with zero attached hydrogens (tertiary/aromatic N) is 2. The van der Waals surface area contributed by atoms with E-state index < -0.39 is 28.7 Å². The number of aromatic nitrogens is 2. The number of nitrogens with two attached hydrogens (primary N) is 1. The van der Waals surface area contributed by atoms with Gasteiger partial charge in [-0.3, -0.25) is 4.68 Å². The number of rotatable bonds is 6. The fourth-order valence-electron chi connectivity index (χ4n) is 2.51. The molecule has 1 aromatic heterocycles. The van der Waals surface area contributed by atoms with Crippen molar-refractivity contribution in [3.63, 3.8) is 0 Å². The molecular formula is C17H14F3N3O4S. The van der Waals surface area contributed by atoms with Gasteiger partial charge in [-0.25, -0.2) is 8.78 Å². The molecule has 1 heterocycles. The van der Waals surface area contributed by atoms with Crippen LogP contribution in [0.2, 0.25) is 0 Å². The van der Waals surface area contributed by atoms with Crippen molar-refractivity contribution in [3.8, 4) is 22.8 Å². The molecule has 0 amide bonds. The average molecular weight is 413 g/mol. The molecule has 148 valence electrons. The van der Waals surface area contributed by atoms with Crippen molar-refractivity contribution < 1.29 is 30.0 Å². The lowest BCUT2D eigenvalue weighted by Gasteiger charge is -2.11. The molecule has 7 nitrogen and oxygen atoms in total. The number of anilines is 1. The molecule has 3 rings (SSSR count). The molecule has 28 heavy (non-hydrogen) atoms. The Kier molecular flexibility index (Phi) is 5.18. The standard InChI is InChI=1S/C17H14F3N3O4S/c1-23-16(8-17(21)22-23)10-6-14(18)13(15(19)7-10)9-26-11-2-4-12(5-3-11)27-28(20,24)25/h2-8H,9H2,1H3,(H2,21,22). The summed E-state index contributed by atoms with van der Waals surface area (Å²) in [5.41, 5.74) is 5.99. The summed E-state index contributed by atoms with van der Waals surface area (Å²) in [6, 6.07) is 8.57. The largest absolute Gasteiger partial charge is 0.489 e. The van der Waals surface area contributed by atoms with E-state index in [0.717, 1.165) is 24.3 Å². The Hall–Kier alpha value is -3.21. The topological polar surface area (TPSA) is 96.4 Å². The molecule has 0 bridgehead atoms. The van der Waals surface area contributed by atoms with Crippen molar-refractivity contribution in [1.29, 1.82) is 0 Å². The zero-order valence-electron chi connectivity index (χ0n) is 14.4. The van der Waals surface area contributed by atoms with Crippen LogP contribution in [0.4, 0.5) is 18.5 Å². The minimum absolute atomic E-state index is 0.172. The van der Waals surface area contributed by atoms with Crippen LogP contribution in [0.5, 0.6) is 11.5 Å². The quantitative estimate of drug-likeness (QED) is 0.624. The third-order valence-electron chi connectivity index (χ3n) is 3.74. The van der Waals surface area contributed by atoms with Gasteiger partial charge in [-0.15, -0.1) is 0 Å². The van der Waals surface area contributed by atoms with E-state index in [9.17, 15) is 21.1 Å². The molecular weight excluding hydrogens is 399 g/mol. The third kappa shape index (κ3) is 4.55. The summed E-state index contributed by atoms with van der Waals surface area (Å²) in [5.74, 6) is -1.52. The Labute approximate surface area is 158 Å². The van der Waals surface area contributed by atoms with Crippen LogP contribution in [0.25, 0.3) is 11.3 Å². The minimum atomic E-state index is -5.14. The molecule has 0 aliphatic carbocycles. The Bertz CT molecular complexity index is 1090. The molecule has 0 aliphatic rings. The molecule has 0 spiro atoms. The normalized spacial score (nSPS) is 11.4. The van der Waals surface area contributed by atoms with Crippen LogP contribution in [-0.2, 0) is 24.2 Å². The lowest BCUT2D eigenvalue weighted by Crippen LogP contribution is -2.04. The van der Waals surface area contributed by atoms with Crippen molar-refractivity contribution >= 4 is 16.3 Å². The van der Waals surface area contributed by atoms with E-state index in [2.05, 4.69) is 9.28 Å². The molecule has 0 saturated heterocycles. The predicted molar refractivity (Wildman–Crippen MR) is 94.4 cm³/mol. The van der Waals surface area contributed by atoms with E-state index in [1.807, 2.05) is 0 Å². The monoisotopic (exact) mass is 413 g/mol. The second kappa shape index (κ2) is 7.43. The first kappa shape index (κ1) is 19.5. The molecule has 2 aromatic carbocycles. The van der Waals surface area contributed by atoms with Gasteiger partial charge in [0, 0.05) is 18.7 Å². The number of halogens is 3. The first-order valence-electron chi connectivity index (χ1n) is 7.77. The molecule has 11 heteroatoms. The average Bonchev–Trinajstić information content (AvgIpc) is 2.92. The lowest BCUT2D eigenvalue weighted by molar-refractivity contribution is 0.292. The van der Waals surface area contributed by atoms with Crippen LogP contribution < -0.4 is 14.7 Å². The number of hydrogen-bond donors (Lipinski definition) is 1. The smallest absolute Gasteiger partial charge is 0.488 e. The van der Waals surface area contributed by atoms with Crippen molar-refractivity contribution in [2.75, 3.05) is 5.73 Å². The fraction of sp³-hybridized carbons (Fsp3) is 0.118. The Morgan fingerprint density at radius 3 is 2.14 bits per heavy atom. The summed E-state index contributed by atoms with van der Waals surface area (Å²) in [5, 5.41) is 3.93. The molecule has 0 aliphatic heterocycles. The molecule has 0 saturated carbocycles. The highest BCUT2D eigenvalue weighted by Crippen LogP contribution is 2.27. The van der Waals surface area contributed by atoms with Crippen LogP contribution in [0, 0.1) is 11.6 Å². The van der Waals surface area contributed by atoms with Gasteiger partial charge in [0.1, 0.15) is 35.6 Å². The molecule has 0 atom stereocenters.